The number of aromatic nitrogens is 2. The van der Waals surface area contributed by atoms with Crippen LogP contribution in [-0.4, -0.2) is 17.3 Å². The predicted octanol–water partition coefficient (Wildman–Crippen LogP) is 2.68. The molecule has 0 radical (unpaired) electrons. The third kappa shape index (κ3) is 2.28. The lowest BCUT2D eigenvalue weighted by atomic mass is 10.2. The lowest BCUT2D eigenvalue weighted by Gasteiger charge is -2.10. The van der Waals surface area contributed by atoms with Gasteiger partial charge in [0.15, 0.2) is 0 Å². The van der Waals surface area contributed by atoms with Gasteiger partial charge in [0, 0.05) is 23.3 Å². The molecule has 84 valence electrons. The van der Waals surface area contributed by atoms with Gasteiger partial charge in [0.2, 0.25) is 0 Å². The zero-order valence-corrected chi connectivity index (χ0v) is 9.58. The molecule has 0 aliphatic heterocycles. The summed E-state index contributed by atoms with van der Waals surface area (Å²) in [5.41, 5.74) is 1.86. The molecular weight excluding hydrogens is 226 g/mol. The van der Waals surface area contributed by atoms with E-state index in [4.69, 9.17) is 16.3 Å². The van der Waals surface area contributed by atoms with Crippen molar-refractivity contribution in [3.8, 4) is 5.75 Å². The molecule has 0 aliphatic rings. The predicted molar refractivity (Wildman–Crippen MR) is 63.9 cm³/mol. The number of nitrogens with one attached hydrogen (secondary N) is 2. The van der Waals surface area contributed by atoms with Crippen LogP contribution in [0.25, 0.3) is 0 Å². The molecule has 0 saturated carbocycles. The fourth-order valence-electron chi connectivity index (χ4n) is 1.44. The molecule has 1 heterocycles. The second kappa shape index (κ2) is 4.90. The van der Waals surface area contributed by atoms with Gasteiger partial charge in [-0.2, -0.15) is 5.10 Å². The van der Waals surface area contributed by atoms with E-state index < -0.39 is 0 Å². The molecule has 1 aromatic carbocycles. The van der Waals surface area contributed by atoms with Gasteiger partial charge in [-0.15, -0.1) is 0 Å². The number of rotatable bonds is 4. The Balaban J connectivity index is 2.14. The topological polar surface area (TPSA) is 49.9 Å². The van der Waals surface area contributed by atoms with Gasteiger partial charge in [0.25, 0.3) is 0 Å². The first-order chi connectivity index (χ1) is 7.81. The summed E-state index contributed by atoms with van der Waals surface area (Å²) in [6, 6.07) is 5.59. The van der Waals surface area contributed by atoms with Crippen molar-refractivity contribution in [3.05, 3.63) is 41.2 Å². The van der Waals surface area contributed by atoms with Crippen LogP contribution in [0, 0.1) is 0 Å². The first kappa shape index (κ1) is 10.8. The monoisotopic (exact) mass is 237 g/mol. The molecule has 0 aliphatic carbocycles. The van der Waals surface area contributed by atoms with Crippen LogP contribution in [0.1, 0.15) is 5.56 Å². The average Bonchev–Trinajstić information content (AvgIpc) is 2.80. The van der Waals surface area contributed by atoms with Gasteiger partial charge < -0.3 is 10.1 Å². The number of hydrogen-bond acceptors (Lipinski definition) is 3. The van der Waals surface area contributed by atoms with Gasteiger partial charge in [-0.25, -0.2) is 0 Å². The van der Waals surface area contributed by atoms with Crippen molar-refractivity contribution in [2.24, 2.45) is 0 Å². The molecular formula is C11H12ClN3O. The van der Waals surface area contributed by atoms with Crippen molar-refractivity contribution in [2.75, 3.05) is 12.4 Å². The fraction of sp³-hybridized carbons (Fsp3) is 0.182. The largest absolute Gasteiger partial charge is 0.496 e. The quantitative estimate of drug-likeness (QED) is 0.860. The van der Waals surface area contributed by atoms with Crippen LogP contribution >= 0.6 is 11.6 Å². The van der Waals surface area contributed by atoms with Crippen LogP contribution in [0.4, 0.5) is 5.69 Å². The van der Waals surface area contributed by atoms with Crippen LogP contribution in [0.3, 0.4) is 0 Å². The Bertz CT molecular complexity index is 456. The lowest BCUT2D eigenvalue weighted by Crippen LogP contribution is -2.01. The normalized spacial score (nSPS) is 10.1. The van der Waals surface area contributed by atoms with Gasteiger partial charge in [-0.1, -0.05) is 17.7 Å². The second-order valence-corrected chi connectivity index (χ2v) is 3.67. The van der Waals surface area contributed by atoms with E-state index in [1.807, 2.05) is 18.2 Å². The highest BCUT2D eigenvalue weighted by molar-refractivity contribution is 6.31. The summed E-state index contributed by atoms with van der Waals surface area (Å²) in [7, 11) is 1.63. The SMILES string of the molecule is COc1cccc(Cl)c1CNc1cn[nH]c1. The highest BCUT2D eigenvalue weighted by Crippen LogP contribution is 2.26. The summed E-state index contributed by atoms with van der Waals surface area (Å²) in [5.74, 6) is 0.781. The number of H-pyrrole nitrogens is 1. The summed E-state index contributed by atoms with van der Waals surface area (Å²) >= 11 is 6.10. The number of benzene rings is 1. The number of ether oxygens (including phenoxy) is 1. The number of nitrogens with zero attached hydrogens (tertiary/aromatic N) is 1. The zero-order valence-electron chi connectivity index (χ0n) is 8.83. The Hall–Kier alpha value is -1.68. The molecule has 2 rings (SSSR count). The van der Waals surface area contributed by atoms with Gasteiger partial charge >= 0.3 is 0 Å². The Labute approximate surface area is 98.6 Å². The second-order valence-electron chi connectivity index (χ2n) is 3.26. The molecule has 16 heavy (non-hydrogen) atoms. The average molecular weight is 238 g/mol. The third-order valence-corrected chi connectivity index (χ3v) is 2.62. The Morgan fingerprint density at radius 1 is 1.50 bits per heavy atom. The van der Waals surface area contributed by atoms with Crippen molar-refractivity contribution >= 4 is 17.3 Å². The van der Waals surface area contributed by atoms with E-state index in [0.717, 1.165) is 17.0 Å². The molecule has 2 aromatic rings. The number of methoxy groups -OCH3 is 1. The molecule has 0 atom stereocenters. The lowest BCUT2D eigenvalue weighted by molar-refractivity contribution is 0.410. The van der Waals surface area contributed by atoms with E-state index in [9.17, 15) is 0 Å². The highest BCUT2D eigenvalue weighted by atomic mass is 35.5. The summed E-state index contributed by atoms with van der Waals surface area (Å²) in [5, 5.41) is 10.5. The standard InChI is InChI=1S/C11H12ClN3O/c1-16-11-4-2-3-10(12)9(11)7-13-8-5-14-15-6-8/h2-6,13H,7H2,1H3,(H,14,15). The molecule has 0 spiro atoms. The minimum atomic E-state index is 0.600. The maximum atomic E-state index is 6.10. The number of halogens is 1. The van der Waals surface area contributed by atoms with Crippen LogP contribution in [0.5, 0.6) is 5.75 Å². The van der Waals surface area contributed by atoms with Gasteiger partial charge in [0.1, 0.15) is 5.75 Å². The summed E-state index contributed by atoms with van der Waals surface area (Å²) in [6.45, 7) is 0.600. The molecule has 0 unspecified atom stereocenters. The van der Waals surface area contributed by atoms with Crippen LogP contribution < -0.4 is 10.1 Å². The minimum absolute atomic E-state index is 0.600. The zero-order chi connectivity index (χ0) is 11.4. The van der Waals surface area contributed by atoms with Gasteiger partial charge in [0.05, 0.1) is 19.0 Å². The molecule has 4 nitrogen and oxygen atoms in total. The Morgan fingerprint density at radius 2 is 2.38 bits per heavy atom. The van der Waals surface area contributed by atoms with Crippen molar-refractivity contribution in [3.63, 3.8) is 0 Å². The van der Waals surface area contributed by atoms with Crippen LogP contribution in [-0.2, 0) is 6.54 Å². The maximum Gasteiger partial charge on any atom is 0.125 e. The van der Waals surface area contributed by atoms with Crippen molar-refractivity contribution in [2.45, 2.75) is 6.54 Å². The minimum Gasteiger partial charge on any atom is -0.496 e. The first-order valence-electron chi connectivity index (χ1n) is 4.85. The van der Waals surface area contributed by atoms with Crippen LogP contribution in [0.15, 0.2) is 30.6 Å². The molecule has 0 saturated heterocycles. The van der Waals surface area contributed by atoms with Crippen molar-refractivity contribution in [1.29, 1.82) is 0 Å². The Kier molecular flexibility index (Phi) is 3.31. The summed E-state index contributed by atoms with van der Waals surface area (Å²) < 4.78 is 5.25. The fourth-order valence-corrected chi connectivity index (χ4v) is 1.67. The van der Waals surface area contributed by atoms with E-state index in [-0.39, 0.29) is 0 Å². The smallest absolute Gasteiger partial charge is 0.125 e. The molecule has 0 bridgehead atoms. The summed E-state index contributed by atoms with van der Waals surface area (Å²) in [4.78, 5) is 0. The molecule has 0 fully saturated rings. The highest BCUT2D eigenvalue weighted by Gasteiger charge is 2.07. The first-order valence-corrected chi connectivity index (χ1v) is 5.23. The van der Waals surface area contributed by atoms with E-state index in [0.29, 0.717) is 11.6 Å². The van der Waals surface area contributed by atoms with E-state index >= 15 is 0 Å². The van der Waals surface area contributed by atoms with E-state index in [2.05, 4.69) is 15.5 Å². The van der Waals surface area contributed by atoms with E-state index in [1.165, 1.54) is 0 Å². The summed E-state index contributed by atoms with van der Waals surface area (Å²) in [6.07, 6.45) is 3.49. The number of aromatic amines is 1. The van der Waals surface area contributed by atoms with Crippen molar-refractivity contribution in [1.82, 2.24) is 10.2 Å². The third-order valence-electron chi connectivity index (χ3n) is 2.26. The van der Waals surface area contributed by atoms with Crippen LogP contribution in [0.2, 0.25) is 5.02 Å². The number of hydrogen-bond donors (Lipinski definition) is 2. The molecule has 5 heteroatoms. The molecule has 1 aromatic heterocycles. The van der Waals surface area contributed by atoms with Crippen molar-refractivity contribution < 1.29 is 4.74 Å². The van der Waals surface area contributed by atoms with E-state index in [1.54, 1.807) is 19.5 Å². The maximum absolute atomic E-state index is 6.10. The van der Waals surface area contributed by atoms with Gasteiger partial charge in [-0.3, -0.25) is 5.10 Å². The molecule has 2 N–H and O–H groups in total. The van der Waals surface area contributed by atoms with Gasteiger partial charge in [-0.05, 0) is 12.1 Å². The molecule has 0 amide bonds. The Morgan fingerprint density at radius 3 is 3.06 bits per heavy atom. The number of anilines is 1.